The molecule has 2 aliphatic carbocycles. The lowest BCUT2D eigenvalue weighted by Gasteiger charge is -2.43. The lowest BCUT2D eigenvalue weighted by molar-refractivity contribution is 0.0727. The van der Waals surface area contributed by atoms with Gasteiger partial charge in [-0.25, -0.2) is 0 Å². The van der Waals surface area contributed by atoms with Crippen LogP contribution in [0.4, 0.5) is 0 Å². The lowest BCUT2D eigenvalue weighted by atomic mass is 9.80. The smallest absolute Gasteiger partial charge is 0.0224 e. The Balaban J connectivity index is 0.000000101. The Hall–Kier alpha value is -0.200. The van der Waals surface area contributed by atoms with E-state index in [1.54, 1.807) is 0 Å². The van der Waals surface area contributed by atoms with Crippen LogP contribution >= 0.6 is 0 Å². The molecule has 9 fully saturated rings. The van der Waals surface area contributed by atoms with Crippen LogP contribution in [0.25, 0.3) is 0 Å². The van der Waals surface area contributed by atoms with Gasteiger partial charge in [0.1, 0.15) is 0 Å². The third kappa shape index (κ3) is 7.31. The third-order valence-corrected chi connectivity index (χ3v) is 12.0. The van der Waals surface area contributed by atoms with E-state index in [0.717, 1.165) is 48.0 Å². The van der Waals surface area contributed by atoms with E-state index in [9.17, 15) is 0 Å². The van der Waals surface area contributed by atoms with Gasteiger partial charge in [-0.05, 0) is 155 Å². The molecule has 4 atom stereocenters. The Bertz CT molecular complexity index is 658. The van der Waals surface area contributed by atoms with Crippen LogP contribution in [0.2, 0.25) is 0 Å². The molecular weight excluding hydrogens is 454 g/mol. The Labute approximate surface area is 230 Å². The van der Waals surface area contributed by atoms with Gasteiger partial charge in [-0.1, -0.05) is 6.42 Å². The van der Waals surface area contributed by atoms with Gasteiger partial charge in [0, 0.05) is 43.3 Å². The van der Waals surface area contributed by atoms with Gasteiger partial charge in [0.15, 0.2) is 0 Å². The minimum absolute atomic E-state index is 0.818. The van der Waals surface area contributed by atoms with Crippen LogP contribution in [-0.2, 0) is 0 Å². The van der Waals surface area contributed by atoms with Crippen molar-refractivity contribution in [3.63, 3.8) is 0 Å². The molecule has 37 heavy (non-hydrogen) atoms. The normalized spacial score (nSPS) is 43.1. The number of fused-ring (bicyclic) bond motifs is 7. The Kier molecular flexibility index (Phi) is 10.3. The summed E-state index contributed by atoms with van der Waals surface area (Å²) in [5, 5.41) is 3.55. The maximum Gasteiger partial charge on any atom is 0.0224 e. The average Bonchev–Trinajstić information content (AvgIpc) is 3.72. The fourth-order valence-corrected chi connectivity index (χ4v) is 9.39. The highest BCUT2D eigenvalue weighted by Crippen LogP contribution is 2.36. The zero-order chi connectivity index (χ0) is 25.8. The van der Waals surface area contributed by atoms with Gasteiger partial charge in [0.25, 0.3) is 0 Å². The molecule has 0 amide bonds. The number of piperidine rings is 4. The Morgan fingerprint density at radius 1 is 0.541 bits per heavy atom. The second kappa shape index (κ2) is 13.4. The fourth-order valence-electron chi connectivity index (χ4n) is 9.39. The molecule has 0 spiro atoms. The fraction of sp³-hybridized carbons (Fsp3) is 1.00. The number of nitrogens with one attached hydrogen (secondary N) is 1. The molecule has 4 unspecified atom stereocenters. The van der Waals surface area contributed by atoms with Crippen molar-refractivity contribution in [1.29, 1.82) is 0 Å². The minimum Gasteiger partial charge on any atom is -0.312 e. The van der Waals surface area contributed by atoms with Gasteiger partial charge in [0.2, 0.25) is 0 Å². The highest BCUT2D eigenvalue weighted by atomic mass is 15.2. The summed E-state index contributed by atoms with van der Waals surface area (Å²) in [6, 6.07) is 4.68. The topological polar surface area (TPSA) is 25.0 Å². The standard InChI is InChI=1S/C9H17N.C8H16N2.C8H15N.C7H13N/c1-10-7-3-5-8-4-2-6-9(8)10;1-10-5-3-7-2-4-9-8(7)6-10;1-9-6-7-2-4-8(9)5-3-7;1-8-6-2-3-7(8)5-4-6/h8-9H,2-7H2,1H3;7-9H,2-6H2,1H3;7-8H,2-6H2,1H3;6-7H,2-5H2,1H3. The van der Waals surface area contributed by atoms with Crippen LogP contribution in [0.1, 0.15) is 96.3 Å². The van der Waals surface area contributed by atoms with E-state index in [1.807, 2.05) is 0 Å². The molecule has 0 aromatic rings. The zero-order valence-corrected chi connectivity index (χ0v) is 25.0. The van der Waals surface area contributed by atoms with Crippen molar-refractivity contribution in [2.24, 2.45) is 17.8 Å². The molecule has 4 bridgehead atoms. The summed E-state index contributed by atoms with van der Waals surface area (Å²) in [4.78, 5) is 10.1. The van der Waals surface area contributed by atoms with E-state index in [4.69, 9.17) is 0 Å². The maximum absolute atomic E-state index is 3.55. The van der Waals surface area contributed by atoms with Gasteiger partial charge in [-0.2, -0.15) is 0 Å². The van der Waals surface area contributed by atoms with Gasteiger partial charge in [-0.3, -0.25) is 0 Å². The first-order valence-electron chi connectivity index (χ1n) is 16.5. The van der Waals surface area contributed by atoms with Crippen LogP contribution in [0, 0.1) is 17.8 Å². The van der Waals surface area contributed by atoms with Crippen LogP contribution in [0.15, 0.2) is 0 Å². The molecule has 2 saturated carbocycles. The highest BCUT2D eigenvalue weighted by molar-refractivity contribution is 4.92. The molecule has 7 aliphatic heterocycles. The second-order valence-corrected chi connectivity index (χ2v) is 14.3. The largest absolute Gasteiger partial charge is 0.312 e. The Morgan fingerprint density at radius 2 is 1.22 bits per heavy atom. The molecule has 0 aromatic carbocycles. The van der Waals surface area contributed by atoms with Crippen molar-refractivity contribution in [2.75, 3.05) is 60.9 Å². The molecular formula is C32H61N5. The van der Waals surface area contributed by atoms with E-state index in [0.29, 0.717) is 0 Å². The summed E-state index contributed by atoms with van der Waals surface area (Å²) in [6.45, 7) is 6.56. The van der Waals surface area contributed by atoms with E-state index in [1.165, 1.54) is 129 Å². The molecule has 5 nitrogen and oxygen atoms in total. The first kappa shape index (κ1) is 28.3. The lowest BCUT2D eigenvalue weighted by Crippen LogP contribution is -2.45. The number of likely N-dealkylation sites (N-methyl/N-ethyl adjacent to an activating group) is 1. The van der Waals surface area contributed by atoms with Crippen LogP contribution in [0.5, 0.6) is 0 Å². The van der Waals surface area contributed by atoms with Crippen molar-refractivity contribution >= 4 is 0 Å². The molecule has 0 radical (unpaired) electrons. The van der Waals surface area contributed by atoms with E-state index >= 15 is 0 Å². The van der Waals surface area contributed by atoms with Gasteiger partial charge in [0.05, 0.1) is 0 Å². The number of nitrogens with zero attached hydrogens (tertiary/aromatic N) is 4. The number of hydrogen-bond acceptors (Lipinski definition) is 5. The second-order valence-electron chi connectivity index (χ2n) is 14.3. The SMILES string of the molecule is CN1C2CCC1CC2.CN1CC2CCC1CC2.CN1CCC2CCNC2C1.CN1CCCC2CCCC21. The van der Waals surface area contributed by atoms with Crippen molar-refractivity contribution < 1.29 is 0 Å². The van der Waals surface area contributed by atoms with E-state index in [-0.39, 0.29) is 0 Å². The molecule has 214 valence electrons. The van der Waals surface area contributed by atoms with E-state index < -0.39 is 0 Å². The van der Waals surface area contributed by atoms with Crippen LogP contribution < -0.4 is 5.32 Å². The highest BCUT2D eigenvalue weighted by Gasteiger charge is 2.36. The van der Waals surface area contributed by atoms with Crippen LogP contribution in [-0.4, -0.2) is 111 Å². The molecule has 1 N–H and O–H groups in total. The van der Waals surface area contributed by atoms with Crippen molar-refractivity contribution in [2.45, 2.75) is 127 Å². The Morgan fingerprint density at radius 3 is 1.76 bits per heavy atom. The summed E-state index contributed by atoms with van der Waals surface area (Å²) in [5.74, 6) is 3.12. The average molecular weight is 516 g/mol. The van der Waals surface area contributed by atoms with Crippen molar-refractivity contribution in [1.82, 2.24) is 24.9 Å². The molecule has 0 aromatic heterocycles. The monoisotopic (exact) mass is 515 g/mol. The van der Waals surface area contributed by atoms with Crippen LogP contribution in [0.3, 0.4) is 0 Å². The predicted octanol–water partition coefficient (Wildman–Crippen LogP) is 4.91. The minimum atomic E-state index is 0.818. The summed E-state index contributed by atoms with van der Waals surface area (Å²) in [6.07, 6.45) is 22.1. The number of hydrogen-bond donors (Lipinski definition) is 1. The van der Waals surface area contributed by atoms with Gasteiger partial charge < -0.3 is 24.9 Å². The first-order chi connectivity index (χ1) is 18.0. The maximum atomic E-state index is 3.55. The van der Waals surface area contributed by atoms with Crippen molar-refractivity contribution in [3.05, 3.63) is 0 Å². The quantitative estimate of drug-likeness (QED) is 0.494. The predicted molar refractivity (Wildman–Crippen MR) is 157 cm³/mol. The van der Waals surface area contributed by atoms with Gasteiger partial charge >= 0.3 is 0 Å². The summed E-state index contributed by atoms with van der Waals surface area (Å²) < 4.78 is 0. The van der Waals surface area contributed by atoms with E-state index in [2.05, 4.69) is 53.1 Å². The van der Waals surface area contributed by atoms with Crippen molar-refractivity contribution in [3.8, 4) is 0 Å². The third-order valence-electron chi connectivity index (χ3n) is 12.0. The molecule has 7 heterocycles. The molecule has 9 aliphatic rings. The summed E-state index contributed by atoms with van der Waals surface area (Å²) in [7, 11) is 9.06. The molecule has 5 heteroatoms. The summed E-state index contributed by atoms with van der Waals surface area (Å²) in [5.41, 5.74) is 0. The summed E-state index contributed by atoms with van der Waals surface area (Å²) >= 11 is 0. The number of likely N-dealkylation sites (tertiary alicyclic amines) is 2. The molecule has 9 rings (SSSR count). The number of rotatable bonds is 0. The first-order valence-corrected chi connectivity index (χ1v) is 16.5. The van der Waals surface area contributed by atoms with Gasteiger partial charge in [-0.15, -0.1) is 0 Å². The molecule has 7 saturated heterocycles. The zero-order valence-electron chi connectivity index (χ0n) is 25.0.